The molecule has 0 bridgehead atoms. The molecular formula is C22H17N3O2. The van der Waals surface area contributed by atoms with Gasteiger partial charge < -0.3 is 4.74 Å². The number of pyridine rings is 1. The van der Waals surface area contributed by atoms with E-state index in [0.29, 0.717) is 5.56 Å². The van der Waals surface area contributed by atoms with Gasteiger partial charge >= 0.3 is 6.09 Å². The molecular weight excluding hydrogens is 338 g/mol. The Morgan fingerprint density at radius 1 is 1.15 bits per heavy atom. The van der Waals surface area contributed by atoms with Gasteiger partial charge in [-0.3, -0.25) is 5.32 Å². The first-order valence-electron chi connectivity index (χ1n) is 8.66. The number of aromatic nitrogens is 1. The molecule has 2 aromatic carbocycles. The van der Waals surface area contributed by atoms with E-state index in [-0.39, 0.29) is 18.3 Å². The van der Waals surface area contributed by atoms with Gasteiger partial charge in [0.15, 0.2) is 5.82 Å². The maximum Gasteiger partial charge on any atom is 0.412 e. The molecule has 4 rings (SSSR count). The van der Waals surface area contributed by atoms with Gasteiger partial charge in [-0.1, -0.05) is 48.5 Å². The number of nitrogens with one attached hydrogen (secondary N) is 1. The second kappa shape index (κ2) is 6.93. The summed E-state index contributed by atoms with van der Waals surface area (Å²) in [6.45, 7) is 2.05. The van der Waals surface area contributed by atoms with Gasteiger partial charge in [0.05, 0.1) is 5.56 Å². The first kappa shape index (κ1) is 16.8. The number of carbonyl (C=O) groups excluding carboxylic acids is 1. The van der Waals surface area contributed by atoms with Crippen LogP contribution in [-0.2, 0) is 4.74 Å². The Balaban J connectivity index is 1.51. The lowest BCUT2D eigenvalue weighted by atomic mass is 9.98. The zero-order chi connectivity index (χ0) is 18.8. The van der Waals surface area contributed by atoms with Crippen LogP contribution in [0.3, 0.4) is 0 Å². The smallest absolute Gasteiger partial charge is 0.412 e. The molecule has 0 aliphatic heterocycles. The second-order valence-corrected chi connectivity index (χ2v) is 6.47. The summed E-state index contributed by atoms with van der Waals surface area (Å²) in [5.41, 5.74) is 5.81. The van der Waals surface area contributed by atoms with Crippen molar-refractivity contribution in [3.05, 3.63) is 83.0 Å². The van der Waals surface area contributed by atoms with Gasteiger partial charge in [-0.2, -0.15) is 5.26 Å². The van der Waals surface area contributed by atoms with Crippen LogP contribution in [0.2, 0.25) is 0 Å². The summed E-state index contributed by atoms with van der Waals surface area (Å²) >= 11 is 0. The molecule has 1 heterocycles. The van der Waals surface area contributed by atoms with Crippen molar-refractivity contribution in [1.82, 2.24) is 4.98 Å². The molecule has 0 saturated carbocycles. The molecule has 3 aromatic rings. The van der Waals surface area contributed by atoms with E-state index in [4.69, 9.17) is 4.74 Å². The van der Waals surface area contributed by atoms with Gasteiger partial charge in [-0.25, -0.2) is 9.78 Å². The Hall–Kier alpha value is -3.65. The summed E-state index contributed by atoms with van der Waals surface area (Å²) in [6, 6.07) is 20.0. The second-order valence-electron chi connectivity index (χ2n) is 6.47. The van der Waals surface area contributed by atoms with E-state index in [1.165, 1.54) is 11.1 Å². The fourth-order valence-corrected chi connectivity index (χ4v) is 3.49. The topological polar surface area (TPSA) is 75.0 Å². The summed E-state index contributed by atoms with van der Waals surface area (Å²) in [7, 11) is 0. The number of carbonyl (C=O) groups is 1. The molecule has 0 radical (unpaired) electrons. The standard InChI is InChI=1S/C22H17N3O2/c1-14-10-15(11-23)21(24-12-14)25-22(26)27-13-20-18-8-4-2-6-16(18)17-7-3-5-9-19(17)20/h2-10,12,20H,13H2,1H3,(H,24,25,26). The van der Waals surface area contributed by atoms with Crippen molar-refractivity contribution in [2.45, 2.75) is 12.8 Å². The van der Waals surface area contributed by atoms with E-state index in [9.17, 15) is 10.1 Å². The van der Waals surface area contributed by atoms with Crippen molar-refractivity contribution < 1.29 is 9.53 Å². The van der Waals surface area contributed by atoms with E-state index in [2.05, 4.69) is 34.6 Å². The first-order chi connectivity index (χ1) is 13.2. The molecule has 1 N–H and O–H groups in total. The lowest BCUT2D eigenvalue weighted by molar-refractivity contribution is 0.158. The van der Waals surface area contributed by atoms with Crippen LogP contribution in [0, 0.1) is 18.3 Å². The van der Waals surface area contributed by atoms with Gasteiger partial charge in [-0.15, -0.1) is 0 Å². The van der Waals surface area contributed by atoms with Gasteiger partial charge in [0.25, 0.3) is 0 Å². The van der Waals surface area contributed by atoms with Crippen molar-refractivity contribution >= 4 is 11.9 Å². The van der Waals surface area contributed by atoms with Gasteiger partial charge in [0.1, 0.15) is 12.7 Å². The number of hydrogen-bond acceptors (Lipinski definition) is 4. The SMILES string of the molecule is Cc1cnc(NC(=O)OCC2c3ccccc3-c3ccccc32)c(C#N)c1. The predicted molar refractivity (Wildman–Crippen MR) is 102 cm³/mol. The zero-order valence-electron chi connectivity index (χ0n) is 14.8. The number of fused-ring (bicyclic) bond motifs is 3. The summed E-state index contributed by atoms with van der Waals surface area (Å²) in [4.78, 5) is 16.4. The minimum atomic E-state index is -0.621. The normalized spacial score (nSPS) is 12.0. The van der Waals surface area contributed by atoms with E-state index >= 15 is 0 Å². The Morgan fingerprint density at radius 3 is 2.41 bits per heavy atom. The highest BCUT2D eigenvalue weighted by molar-refractivity contribution is 5.85. The van der Waals surface area contributed by atoms with Crippen molar-refractivity contribution in [1.29, 1.82) is 5.26 Å². The summed E-state index contributed by atoms with van der Waals surface area (Å²) < 4.78 is 5.47. The van der Waals surface area contributed by atoms with Gasteiger partial charge in [0.2, 0.25) is 0 Å². The van der Waals surface area contributed by atoms with Crippen molar-refractivity contribution in [3.8, 4) is 17.2 Å². The molecule has 1 aliphatic rings. The number of nitriles is 1. The number of amides is 1. The van der Waals surface area contributed by atoms with E-state index in [0.717, 1.165) is 16.7 Å². The number of nitrogens with zero attached hydrogens (tertiary/aromatic N) is 2. The number of rotatable bonds is 3. The van der Waals surface area contributed by atoms with Crippen molar-refractivity contribution in [2.24, 2.45) is 0 Å². The molecule has 27 heavy (non-hydrogen) atoms. The molecule has 0 spiro atoms. The predicted octanol–water partition coefficient (Wildman–Crippen LogP) is 4.62. The minimum absolute atomic E-state index is 0.00966. The summed E-state index contributed by atoms with van der Waals surface area (Å²) in [5.74, 6) is 0.199. The number of aryl methyl sites for hydroxylation is 1. The largest absolute Gasteiger partial charge is 0.448 e. The fourth-order valence-electron chi connectivity index (χ4n) is 3.49. The zero-order valence-corrected chi connectivity index (χ0v) is 14.8. The molecule has 1 aromatic heterocycles. The van der Waals surface area contributed by atoms with Crippen LogP contribution in [0.25, 0.3) is 11.1 Å². The molecule has 0 atom stereocenters. The Bertz CT molecular complexity index is 1020. The quantitative estimate of drug-likeness (QED) is 0.744. The number of ether oxygens (including phenoxy) is 1. The van der Waals surface area contributed by atoms with Crippen LogP contribution in [0.1, 0.15) is 28.2 Å². The average Bonchev–Trinajstić information content (AvgIpc) is 3.01. The highest BCUT2D eigenvalue weighted by Crippen LogP contribution is 2.44. The third-order valence-electron chi connectivity index (χ3n) is 4.71. The van der Waals surface area contributed by atoms with Crippen LogP contribution in [0.15, 0.2) is 60.8 Å². The third kappa shape index (κ3) is 3.13. The number of hydrogen-bond donors (Lipinski definition) is 1. The maximum atomic E-state index is 12.3. The monoisotopic (exact) mass is 355 g/mol. The number of benzene rings is 2. The van der Waals surface area contributed by atoms with Crippen molar-refractivity contribution in [3.63, 3.8) is 0 Å². The maximum absolute atomic E-state index is 12.3. The number of anilines is 1. The van der Waals surface area contributed by atoms with E-state index in [1.807, 2.05) is 37.3 Å². The Morgan fingerprint density at radius 2 is 1.78 bits per heavy atom. The minimum Gasteiger partial charge on any atom is -0.448 e. The van der Waals surface area contributed by atoms with E-state index in [1.54, 1.807) is 12.3 Å². The van der Waals surface area contributed by atoms with Crippen LogP contribution in [0.4, 0.5) is 10.6 Å². The molecule has 1 aliphatic carbocycles. The molecule has 0 unspecified atom stereocenters. The summed E-state index contributed by atoms with van der Waals surface area (Å²) in [5, 5.41) is 11.8. The van der Waals surface area contributed by atoms with Crippen LogP contribution < -0.4 is 5.32 Å². The molecule has 1 amide bonds. The highest BCUT2D eigenvalue weighted by atomic mass is 16.5. The van der Waals surface area contributed by atoms with Gasteiger partial charge in [0, 0.05) is 12.1 Å². The van der Waals surface area contributed by atoms with Crippen LogP contribution in [-0.4, -0.2) is 17.7 Å². The van der Waals surface area contributed by atoms with Crippen molar-refractivity contribution in [2.75, 3.05) is 11.9 Å². The summed E-state index contributed by atoms with van der Waals surface area (Å²) in [6.07, 6.45) is 0.977. The average molecular weight is 355 g/mol. The fraction of sp³-hybridized carbons (Fsp3) is 0.136. The molecule has 0 fully saturated rings. The first-order valence-corrected chi connectivity index (χ1v) is 8.66. The highest BCUT2D eigenvalue weighted by Gasteiger charge is 2.29. The lowest BCUT2D eigenvalue weighted by Crippen LogP contribution is -2.19. The molecule has 0 saturated heterocycles. The van der Waals surface area contributed by atoms with Crippen LogP contribution >= 0.6 is 0 Å². The molecule has 132 valence electrons. The molecule has 5 nitrogen and oxygen atoms in total. The van der Waals surface area contributed by atoms with E-state index < -0.39 is 6.09 Å². The van der Waals surface area contributed by atoms with Crippen LogP contribution in [0.5, 0.6) is 0 Å². The Labute approximate surface area is 157 Å². The third-order valence-corrected chi connectivity index (χ3v) is 4.71. The lowest BCUT2D eigenvalue weighted by Gasteiger charge is -2.14. The Kier molecular flexibility index (Phi) is 4.31. The molecule has 5 heteroatoms. The van der Waals surface area contributed by atoms with Gasteiger partial charge in [-0.05, 0) is 40.8 Å².